The van der Waals surface area contributed by atoms with Gasteiger partial charge in [0.05, 0.1) is 0 Å². The molecule has 1 aliphatic heterocycles. The van der Waals surface area contributed by atoms with Gasteiger partial charge in [-0.15, -0.1) is 0 Å². The summed E-state index contributed by atoms with van der Waals surface area (Å²) < 4.78 is 5.27. The molecule has 2 N–H and O–H groups in total. The number of nitrogens with two attached hydrogens (primary N) is 1. The average Bonchev–Trinajstić information content (AvgIpc) is 2.47. The number of amides is 1. The quantitative estimate of drug-likeness (QED) is 0.660. The fourth-order valence-electron chi connectivity index (χ4n) is 1.40. The Kier molecular flexibility index (Phi) is 1.50. The van der Waals surface area contributed by atoms with Crippen LogP contribution in [0.1, 0.15) is 11.5 Å². The van der Waals surface area contributed by atoms with Crippen molar-refractivity contribution in [2.24, 2.45) is 5.73 Å². The summed E-state index contributed by atoms with van der Waals surface area (Å²) in [4.78, 5) is 10.9. The van der Waals surface area contributed by atoms with Crippen LogP contribution in [0.3, 0.4) is 0 Å². The SMILES string of the molecule is NC(=O)C1COc2ccccc21. The van der Waals surface area contributed by atoms with Crippen LogP contribution >= 0.6 is 0 Å². The third-order valence-electron chi connectivity index (χ3n) is 2.04. The minimum absolute atomic E-state index is 0.263. The van der Waals surface area contributed by atoms with E-state index in [-0.39, 0.29) is 11.8 Å². The first kappa shape index (κ1) is 7.16. The van der Waals surface area contributed by atoms with Crippen molar-refractivity contribution in [1.29, 1.82) is 0 Å². The Bertz CT molecular complexity index is 322. The number of primary amides is 1. The van der Waals surface area contributed by atoms with Crippen LogP contribution in [0.2, 0.25) is 0 Å². The number of fused-ring (bicyclic) bond motifs is 1. The molecule has 0 spiro atoms. The first-order chi connectivity index (χ1) is 5.79. The van der Waals surface area contributed by atoms with Gasteiger partial charge in [-0.3, -0.25) is 4.79 Å². The van der Waals surface area contributed by atoms with Gasteiger partial charge in [0.15, 0.2) is 0 Å². The lowest BCUT2D eigenvalue weighted by Crippen LogP contribution is -2.22. The second-order valence-corrected chi connectivity index (χ2v) is 2.80. The molecular formula is C9H9NO2. The minimum Gasteiger partial charge on any atom is -0.492 e. The molecule has 0 aliphatic carbocycles. The van der Waals surface area contributed by atoms with Gasteiger partial charge in [0, 0.05) is 5.56 Å². The summed E-state index contributed by atoms with van der Waals surface area (Å²) in [5.41, 5.74) is 6.10. The molecule has 1 atom stereocenters. The molecule has 3 heteroatoms. The number of rotatable bonds is 1. The summed E-state index contributed by atoms with van der Waals surface area (Å²) in [6.45, 7) is 0.384. The Labute approximate surface area is 70.1 Å². The van der Waals surface area contributed by atoms with Gasteiger partial charge in [-0.1, -0.05) is 18.2 Å². The van der Waals surface area contributed by atoms with Crippen LogP contribution in [-0.2, 0) is 4.79 Å². The molecule has 1 aliphatic rings. The highest BCUT2D eigenvalue weighted by atomic mass is 16.5. The largest absolute Gasteiger partial charge is 0.492 e. The van der Waals surface area contributed by atoms with E-state index in [0.717, 1.165) is 11.3 Å². The van der Waals surface area contributed by atoms with Crippen LogP contribution < -0.4 is 10.5 Å². The molecule has 1 unspecified atom stereocenters. The molecule has 2 rings (SSSR count). The second kappa shape index (κ2) is 2.52. The lowest BCUT2D eigenvalue weighted by atomic mass is 10.0. The molecule has 0 radical (unpaired) electrons. The summed E-state index contributed by atoms with van der Waals surface area (Å²) in [5, 5.41) is 0. The number of carbonyl (C=O) groups excluding carboxylic acids is 1. The van der Waals surface area contributed by atoms with E-state index in [1.54, 1.807) is 0 Å². The molecule has 0 saturated carbocycles. The summed E-state index contributed by atoms with van der Waals surface area (Å²) in [6, 6.07) is 7.47. The van der Waals surface area contributed by atoms with Crippen LogP contribution in [0.5, 0.6) is 5.75 Å². The monoisotopic (exact) mass is 163 g/mol. The van der Waals surface area contributed by atoms with Crippen molar-refractivity contribution in [3.05, 3.63) is 29.8 Å². The van der Waals surface area contributed by atoms with Gasteiger partial charge in [0.1, 0.15) is 18.3 Å². The van der Waals surface area contributed by atoms with Gasteiger partial charge in [-0.05, 0) is 6.07 Å². The van der Waals surface area contributed by atoms with E-state index in [1.165, 1.54) is 0 Å². The Balaban J connectivity index is 2.42. The number of benzene rings is 1. The maximum absolute atomic E-state index is 10.9. The molecule has 0 bridgehead atoms. The molecule has 0 fully saturated rings. The lowest BCUT2D eigenvalue weighted by molar-refractivity contribution is -0.119. The number of hydrogen-bond donors (Lipinski definition) is 1. The first-order valence-corrected chi connectivity index (χ1v) is 3.80. The van der Waals surface area contributed by atoms with Crippen molar-refractivity contribution in [3.63, 3.8) is 0 Å². The number of ether oxygens (including phenoxy) is 1. The normalized spacial score (nSPS) is 19.8. The maximum Gasteiger partial charge on any atom is 0.228 e. The highest BCUT2D eigenvalue weighted by molar-refractivity contribution is 5.83. The summed E-state index contributed by atoms with van der Waals surface area (Å²) in [6.07, 6.45) is 0. The zero-order valence-electron chi connectivity index (χ0n) is 6.49. The van der Waals surface area contributed by atoms with Crippen LogP contribution in [-0.4, -0.2) is 12.5 Å². The van der Waals surface area contributed by atoms with E-state index >= 15 is 0 Å². The second-order valence-electron chi connectivity index (χ2n) is 2.80. The van der Waals surface area contributed by atoms with Gasteiger partial charge in [0.2, 0.25) is 5.91 Å². The number of carbonyl (C=O) groups is 1. The van der Waals surface area contributed by atoms with Crippen LogP contribution in [0, 0.1) is 0 Å². The average molecular weight is 163 g/mol. The predicted octanol–water partition coefficient (Wildman–Crippen LogP) is 0.648. The van der Waals surface area contributed by atoms with Crippen molar-refractivity contribution in [2.45, 2.75) is 5.92 Å². The molecule has 0 saturated heterocycles. The van der Waals surface area contributed by atoms with Gasteiger partial charge < -0.3 is 10.5 Å². The molecule has 0 aromatic heterocycles. The highest BCUT2D eigenvalue weighted by Crippen LogP contribution is 2.32. The zero-order chi connectivity index (χ0) is 8.55. The Hall–Kier alpha value is -1.51. The van der Waals surface area contributed by atoms with Gasteiger partial charge in [-0.2, -0.15) is 0 Å². The zero-order valence-corrected chi connectivity index (χ0v) is 6.49. The molecule has 1 aromatic rings. The van der Waals surface area contributed by atoms with Crippen molar-refractivity contribution in [3.8, 4) is 5.75 Å². The Morgan fingerprint density at radius 2 is 2.25 bits per heavy atom. The van der Waals surface area contributed by atoms with Crippen molar-refractivity contribution < 1.29 is 9.53 Å². The number of hydrogen-bond acceptors (Lipinski definition) is 2. The summed E-state index contributed by atoms with van der Waals surface area (Å²) >= 11 is 0. The maximum atomic E-state index is 10.9. The minimum atomic E-state index is -0.319. The fraction of sp³-hybridized carbons (Fsp3) is 0.222. The van der Waals surface area contributed by atoms with Crippen molar-refractivity contribution >= 4 is 5.91 Å². The first-order valence-electron chi connectivity index (χ1n) is 3.80. The molecule has 12 heavy (non-hydrogen) atoms. The number of para-hydroxylation sites is 1. The predicted molar refractivity (Wildman–Crippen MR) is 43.9 cm³/mol. The van der Waals surface area contributed by atoms with E-state index < -0.39 is 0 Å². The Morgan fingerprint density at radius 1 is 1.50 bits per heavy atom. The van der Waals surface area contributed by atoms with Gasteiger partial charge in [0.25, 0.3) is 0 Å². The van der Waals surface area contributed by atoms with Gasteiger partial charge >= 0.3 is 0 Å². The fourth-order valence-corrected chi connectivity index (χ4v) is 1.40. The topological polar surface area (TPSA) is 52.3 Å². The van der Waals surface area contributed by atoms with Crippen LogP contribution in [0.15, 0.2) is 24.3 Å². The standard InChI is InChI=1S/C9H9NO2/c10-9(11)7-5-12-8-4-2-1-3-6(7)8/h1-4,7H,5H2,(H2,10,11). The van der Waals surface area contributed by atoms with E-state index in [0.29, 0.717) is 6.61 Å². The van der Waals surface area contributed by atoms with E-state index in [9.17, 15) is 4.79 Å². The van der Waals surface area contributed by atoms with Crippen LogP contribution in [0.25, 0.3) is 0 Å². The van der Waals surface area contributed by atoms with Crippen molar-refractivity contribution in [2.75, 3.05) is 6.61 Å². The molecule has 1 heterocycles. The third-order valence-corrected chi connectivity index (χ3v) is 2.04. The summed E-state index contributed by atoms with van der Waals surface area (Å²) in [7, 11) is 0. The summed E-state index contributed by atoms with van der Waals surface area (Å²) in [5.74, 6) is 0.197. The molecule has 62 valence electrons. The molecule has 3 nitrogen and oxygen atoms in total. The van der Waals surface area contributed by atoms with E-state index in [4.69, 9.17) is 10.5 Å². The van der Waals surface area contributed by atoms with Crippen LogP contribution in [0.4, 0.5) is 0 Å². The van der Waals surface area contributed by atoms with Gasteiger partial charge in [-0.25, -0.2) is 0 Å². The molecular weight excluding hydrogens is 154 g/mol. The lowest BCUT2D eigenvalue weighted by Gasteiger charge is -2.00. The smallest absolute Gasteiger partial charge is 0.228 e. The van der Waals surface area contributed by atoms with E-state index in [2.05, 4.69) is 0 Å². The molecule has 1 aromatic carbocycles. The third kappa shape index (κ3) is 0.942. The molecule has 1 amide bonds. The highest BCUT2D eigenvalue weighted by Gasteiger charge is 2.27. The van der Waals surface area contributed by atoms with E-state index in [1.807, 2.05) is 24.3 Å². The van der Waals surface area contributed by atoms with Crippen molar-refractivity contribution in [1.82, 2.24) is 0 Å². The Morgan fingerprint density at radius 3 is 3.00 bits per heavy atom.